The minimum atomic E-state index is 1.11. The number of rotatable bonds is 1. The van der Waals surface area contributed by atoms with Gasteiger partial charge in [0.15, 0.2) is 0 Å². The monoisotopic (exact) mass is 162 g/mol. The zero-order valence-corrected chi connectivity index (χ0v) is 7.13. The summed E-state index contributed by atoms with van der Waals surface area (Å²) in [7, 11) is 0. The average molecular weight is 162 g/mol. The molecule has 2 heteroatoms. The van der Waals surface area contributed by atoms with Crippen LogP contribution in [0.25, 0.3) is 11.1 Å². The van der Waals surface area contributed by atoms with Crippen LogP contribution in [-0.2, 0) is 0 Å². The summed E-state index contributed by atoms with van der Waals surface area (Å²) in [4.78, 5) is 0. The molecule has 0 bridgehead atoms. The Morgan fingerprint density at radius 3 is 1.42 bits per heavy atom. The van der Waals surface area contributed by atoms with Gasteiger partial charge in [0, 0.05) is 11.1 Å². The molecule has 12 heavy (non-hydrogen) atoms. The van der Waals surface area contributed by atoms with Gasteiger partial charge in [0.2, 0.25) is 0 Å². The maximum Gasteiger partial charge on any atom is 0.0985 e. The first-order chi connectivity index (χ1) is 5.79. The van der Waals surface area contributed by atoms with E-state index in [9.17, 15) is 0 Å². The molecule has 0 atom stereocenters. The molecule has 2 heterocycles. The second-order valence-corrected chi connectivity index (χ2v) is 2.94. The lowest BCUT2D eigenvalue weighted by atomic mass is 10.1. The molecule has 0 saturated heterocycles. The van der Waals surface area contributed by atoms with Crippen molar-refractivity contribution in [2.24, 2.45) is 0 Å². The molecule has 0 aliphatic carbocycles. The predicted molar refractivity (Wildman–Crippen MR) is 45.9 cm³/mol. The minimum absolute atomic E-state index is 1.11. The van der Waals surface area contributed by atoms with E-state index < -0.39 is 0 Å². The summed E-state index contributed by atoms with van der Waals surface area (Å²) < 4.78 is 10.2. The topological polar surface area (TPSA) is 26.3 Å². The maximum absolute atomic E-state index is 5.08. The van der Waals surface area contributed by atoms with E-state index in [1.165, 1.54) is 0 Å². The zero-order chi connectivity index (χ0) is 8.55. The van der Waals surface area contributed by atoms with E-state index in [1.807, 2.05) is 13.8 Å². The third-order valence-electron chi connectivity index (χ3n) is 2.00. The molecular weight excluding hydrogens is 152 g/mol. The van der Waals surface area contributed by atoms with Crippen molar-refractivity contribution < 1.29 is 8.83 Å². The molecule has 2 rings (SSSR count). The molecule has 0 amide bonds. The highest BCUT2D eigenvalue weighted by molar-refractivity contribution is 5.67. The standard InChI is InChI=1S/C10H10O2/c1-7-3-11-5-9(7)10-6-12-4-8(10)2/h3-6H,1-2H3. The molecule has 0 saturated carbocycles. The average Bonchev–Trinajstić information content (AvgIpc) is 2.59. The first kappa shape index (κ1) is 7.22. The molecule has 0 spiro atoms. The fourth-order valence-electron chi connectivity index (χ4n) is 1.27. The Balaban J connectivity index is 2.57. The van der Waals surface area contributed by atoms with E-state index in [0.717, 1.165) is 22.3 Å². The molecule has 2 aromatic heterocycles. The SMILES string of the molecule is Cc1cocc1-c1cocc1C. The van der Waals surface area contributed by atoms with Crippen molar-refractivity contribution in [2.75, 3.05) is 0 Å². The van der Waals surface area contributed by atoms with Crippen LogP contribution in [0.5, 0.6) is 0 Å². The number of aryl methyl sites for hydroxylation is 2. The van der Waals surface area contributed by atoms with Gasteiger partial charge in [-0.05, 0) is 25.0 Å². The van der Waals surface area contributed by atoms with Crippen LogP contribution in [-0.4, -0.2) is 0 Å². The summed E-state index contributed by atoms with van der Waals surface area (Å²) in [6.45, 7) is 4.04. The summed E-state index contributed by atoms with van der Waals surface area (Å²) in [6, 6.07) is 0. The van der Waals surface area contributed by atoms with Crippen molar-refractivity contribution in [1.29, 1.82) is 0 Å². The molecule has 0 fully saturated rings. The Bertz CT molecular complexity index is 344. The van der Waals surface area contributed by atoms with Crippen LogP contribution in [0.15, 0.2) is 33.9 Å². The molecule has 0 aliphatic heterocycles. The highest BCUT2D eigenvalue weighted by Crippen LogP contribution is 2.27. The highest BCUT2D eigenvalue weighted by atomic mass is 16.3. The molecule has 62 valence electrons. The van der Waals surface area contributed by atoms with Gasteiger partial charge >= 0.3 is 0 Å². The van der Waals surface area contributed by atoms with Crippen LogP contribution in [0.2, 0.25) is 0 Å². The quantitative estimate of drug-likeness (QED) is 0.643. The Hall–Kier alpha value is -1.44. The fraction of sp³-hybridized carbons (Fsp3) is 0.200. The summed E-state index contributed by atoms with van der Waals surface area (Å²) in [6.07, 6.45) is 6.96. The molecule has 2 aromatic rings. The van der Waals surface area contributed by atoms with Gasteiger partial charge in [0.1, 0.15) is 0 Å². The van der Waals surface area contributed by atoms with Gasteiger partial charge in [-0.2, -0.15) is 0 Å². The van der Waals surface area contributed by atoms with Crippen LogP contribution < -0.4 is 0 Å². The molecule has 0 radical (unpaired) electrons. The van der Waals surface area contributed by atoms with Gasteiger partial charge in [-0.15, -0.1) is 0 Å². The molecular formula is C10H10O2. The molecule has 0 aliphatic rings. The van der Waals surface area contributed by atoms with Crippen molar-refractivity contribution in [3.05, 3.63) is 36.2 Å². The van der Waals surface area contributed by atoms with Crippen molar-refractivity contribution in [2.45, 2.75) is 13.8 Å². The third-order valence-corrected chi connectivity index (χ3v) is 2.00. The number of furan rings is 2. The van der Waals surface area contributed by atoms with Crippen LogP contribution in [0.3, 0.4) is 0 Å². The molecule has 0 unspecified atom stereocenters. The minimum Gasteiger partial charge on any atom is -0.472 e. The summed E-state index contributed by atoms with van der Waals surface area (Å²) in [5.41, 5.74) is 4.50. The summed E-state index contributed by atoms with van der Waals surface area (Å²) in [5.74, 6) is 0. The largest absolute Gasteiger partial charge is 0.472 e. The Kier molecular flexibility index (Phi) is 1.54. The molecule has 0 aromatic carbocycles. The number of hydrogen-bond acceptors (Lipinski definition) is 2. The normalized spacial score (nSPS) is 10.5. The van der Waals surface area contributed by atoms with Crippen LogP contribution in [0.4, 0.5) is 0 Å². The van der Waals surface area contributed by atoms with E-state index in [1.54, 1.807) is 25.1 Å². The van der Waals surface area contributed by atoms with E-state index in [0.29, 0.717) is 0 Å². The summed E-state index contributed by atoms with van der Waals surface area (Å²) in [5, 5.41) is 0. The van der Waals surface area contributed by atoms with Crippen molar-refractivity contribution in [1.82, 2.24) is 0 Å². The highest BCUT2D eigenvalue weighted by Gasteiger charge is 2.08. The lowest BCUT2D eigenvalue weighted by Gasteiger charge is -1.93. The van der Waals surface area contributed by atoms with Crippen LogP contribution in [0.1, 0.15) is 11.1 Å². The summed E-state index contributed by atoms with van der Waals surface area (Å²) >= 11 is 0. The van der Waals surface area contributed by atoms with Crippen molar-refractivity contribution >= 4 is 0 Å². The lowest BCUT2D eigenvalue weighted by molar-refractivity contribution is 0.563. The second kappa shape index (κ2) is 2.55. The lowest BCUT2D eigenvalue weighted by Crippen LogP contribution is -1.75. The van der Waals surface area contributed by atoms with E-state index in [2.05, 4.69) is 0 Å². The van der Waals surface area contributed by atoms with E-state index in [4.69, 9.17) is 8.83 Å². The van der Waals surface area contributed by atoms with Gasteiger partial charge in [0.25, 0.3) is 0 Å². The zero-order valence-electron chi connectivity index (χ0n) is 7.13. The smallest absolute Gasteiger partial charge is 0.0985 e. The van der Waals surface area contributed by atoms with Crippen molar-refractivity contribution in [3.63, 3.8) is 0 Å². The van der Waals surface area contributed by atoms with Crippen LogP contribution >= 0.6 is 0 Å². The molecule has 2 nitrogen and oxygen atoms in total. The van der Waals surface area contributed by atoms with Gasteiger partial charge < -0.3 is 8.83 Å². The maximum atomic E-state index is 5.08. The first-order valence-corrected chi connectivity index (χ1v) is 3.85. The van der Waals surface area contributed by atoms with E-state index in [-0.39, 0.29) is 0 Å². The second-order valence-electron chi connectivity index (χ2n) is 2.94. The molecule has 0 N–H and O–H groups in total. The van der Waals surface area contributed by atoms with Crippen LogP contribution in [0, 0.1) is 13.8 Å². The Labute approximate surface area is 70.8 Å². The van der Waals surface area contributed by atoms with Crippen molar-refractivity contribution in [3.8, 4) is 11.1 Å². The van der Waals surface area contributed by atoms with Gasteiger partial charge in [0.05, 0.1) is 25.1 Å². The van der Waals surface area contributed by atoms with E-state index >= 15 is 0 Å². The number of hydrogen-bond donors (Lipinski definition) is 0. The fourth-order valence-corrected chi connectivity index (χ4v) is 1.27. The van der Waals surface area contributed by atoms with Gasteiger partial charge in [-0.3, -0.25) is 0 Å². The van der Waals surface area contributed by atoms with Gasteiger partial charge in [-0.1, -0.05) is 0 Å². The Morgan fingerprint density at radius 1 is 0.750 bits per heavy atom. The van der Waals surface area contributed by atoms with Gasteiger partial charge in [-0.25, -0.2) is 0 Å². The predicted octanol–water partition coefficient (Wildman–Crippen LogP) is 3.16. The Morgan fingerprint density at radius 2 is 1.17 bits per heavy atom. The first-order valence-electron chi connectivity index (χ1n) is 3.85. The third kappa shape index (κ3) is 0.961.